The van der Waals surface area contributed by atoms with Gasteiger partial charge in [-0.25, -0.2) is 4.99 Å². The highest BCUT2D eigenvalue weighted by atomic mass is 14.9. The highest BCUT2D eigenvalue weighted by molar-refractivity contribution is 5.74. The summed E-state index contributed by atoms with van der Waals surface area (Å²) in [5, 5.41) is 2.97. The largest absolute Gasteiger partial charge is 0.363 e. The molecule has 0 bridgehead atoms. The maximum atomic E-state index is 3.94. The number of aryl methyl sites for hydroxylation is 1. The molecule has 0 saturated carbocycles. The second kappa shape index (κ2) is 3.44. The third-order valence-corrected chi connectivity index (χ3v) is 2.03. The number of hydrogen-bond donors (Lipinski definition) is 1. The van der Waals surface area contributed by atoms with Gasteiger partial charge in [0.2, 0.25) is 0 Å². The van der Waals surface area contributed by atoms with Crippen LogP contribution >= 0.6 is 0 Å². The maximum Gasteiger partial charge on any atom is 0.169 e. The molecule has 0 amide bonds. The molecule has 1 N–H and O–H groups in total. The third-order valence-electron chi connectivity index (χ3n) is 2.03. The summed E-state index contributed by atoms with van der Waals surface area (Å²) >= 11 is 0. The van der Waals surface area contributed by atoms with Crippen LogP contribution in [0.5, 0.6) is 0 Å². The monoisotopic (exact) mass is 171 g/mol. The van der Waals surface area contributed by atoms with Crippen LogP contribution in [-0.4, -0.2) is 12.9 Å². The molecule has 1 aliphatic rings. The first-order chi connectivity index (χ1) is 6.36. The predicted molar refractivity (Wildman–Crippen MR) is 54.6 cm³/mol. The van der Waals surface area contributed by atoms with E-state index in [9.17, 15) is 0 Å². The normalized spacial score (nSPS) is 15.0. The van der Waals surface area contributed by atoms with Crippen molar-refractivity contribution in [1.29, 1.82) is 0 Å². The van der Waals surface area contributed by atoms with Crippen LogP contribution in [0.3, 0.4) is 0 Å². The van der Waals surface area contributed by atoms with E-state index < -0.39 is 0 Å². The van der Waals surface area contributed by atoms with Gasteiger partial charge in [-0.05, 0) is 18.1 Å². The minimum atomic E-state index is 0.812. The Morgan fingerprint density at radius 3 is 3.08 bits per heavy atom. The molecule has 0 atom stereocenters. The average molecular weight is 171 g/mol. The maximum absolute atomic E-state index is 3.94. The molecule has 2 heteroatoms. The lowest BCUT2D eigenvalue weighted by atomic mass is 10.0. The van der Waals surface area contributed by atoms with Gasteiger partial charge in [0.1, 0.15) is 0 Å². The summed E-state index contributed by atoms with van der Waals surface area (Å²) in [5.41, 5.74) is 3.72. The highest BCUT2D eigenvalue weighted by Gasteiger charge is 2.02. The van der Waals surface area contributed by atoms with E-state index >= 15 is 0 Å². The Labute approximate surface area is 78.0 Å². The van der Waals surface area contributed by atoms with Crippen molar-refractivity contribution < 1.29 is 0 Å². The summed E-state index contributed by atoms with van der Waals surface area (Å²) in [4.78, 5) is 3.94. The minimum absolute atomic E-state index is 0.812. The van der Waals surface area contributed by atoms with Gasteiger partial charge in [-0.1, -0.05) is 29.8 Å². The molecule has 65 valence electrons. The smallest absolute Gasteiger partial charge is 0.169 e. The average Bonchev–Trinajstić information content (AvgIpc) is 2.19. The zero-order valence-electron chi connectivity index (χ0n) is 7.54. The van der Waals surface area contributed by atoms with Gasteiger partial charge < -0.3 is 5.32 Å². The van der Waals surface area contributed by atoms with Gasteiger partial charge in [-0.2, -0.15) is 0 Å². The first-order valence-corrected chi connectivity index (χ1v) is 4.30. The Morgan fingerprint density at radius 2 is 2.38 bits per heavy atom. The van der Waals surface area contributed by atoms with Crippen LogP contribution in [0.1, 0.15) is 11.1 Å². The van der Waals surface area contributed by atoms with E-state index in [0.717, 1.165) is 6.54 Å². The fourth-order valence-electron chi connectivity index (χ4n) is 1.36. The minimum Gasteiger partial charge on any atom is -0.363 e. The SMILES string of the molecule is Cc1cccc(C2=CN=[C]NC2)c1. The molecular formula is C11H11N2. The van der Waals surface area contributed by atoms with Gasteiger partial charge in [0.05, 0.1) is 0 Å². The molecule has 2 nitrogen and oxygen atoms in total. The summed E-state index contributed by atoms with van der Waals surface area (Å²) in [7, 11) is 0. The lowest BCUT2D eigenvalue weighted by Gasteiger charge is -2.09. The van der Waals surface area contributed by atoms with Crippen molar-refractivity contribution in [3.05, 3.63) is 41.6 Å². The van der Waals surface area contributed by atoms with Crippen molar-refractivity contribution in [2.75, 3.05) is 6.54 Å². The highest BCUT2D eigenvalue weighted by Crippen LogP contribution is 2.15. The van der Waals surface area contributed by atoms with E-state index in [-0.39, 0.29) is 0 Å². The summed E-state index contributed by atoms with van der Waals surface area (Å²) in [5.74, 6) is 0. The summed E-state index contributed by atoms with van der Waals surface area (Å²) < 4.78 is 0. The molecular weight excluding hydrogens is 160 g/mol. The van der Waals surface area contributed by atoms with Gasteiger partial charge in [-0.15, -0.1) is 0 Å². The van der Waals surface area contributed by atoms with Crippen molar-refractivity contribution in [3.63, 3.8) is 0 Å². The van der Waals surface area contributed by atoms with Crippen molar-refractivity contribution in [1.82, 2.24) is 5.32 Å². The predicted octanol–water partition coefficient (Wildman–Crippen LogP) is 1.84. The van der Waals surface area contributed by atoms with Gasteiger partial charge in [0.25, 0.3) is 0 Å². The van der Waals surface area contributed by atoms with Gasteiger partial charge >= 0.3 is 0 Å². The number of aliphatic imine (C=N–C) groups is 1. The summed E-state index contributed by atoms with van der Waals surface area (Å²) in [6.07, 6.45) is 4.55. The van der Waals surface area contributed by atoms with Crippen molar-refractivity contribution in [3.8, 4) is 0 Å². The van der Waals surface area contributed by atoms with Gasteiger partial charge in [0, 0.05) is 12.7 Å². The first-order valence-electron chi connectivity index (χ1n) is 4.30. The molecule has 1 heterocycles. The van der Waals surface area contributed by atoms with Crippen molar-refractivity contribution in [2.24, 2.45) is 4.99 Å². The standard InChI is InChI=1S/C11H11N2/c1-9-3-2-4-10(5-9)11-6-12-8-13-7-11/h2-6H,7H2,1H3,(H,12,13). The van der Waals surface area contributed by atoms with Crippen LogP contribution in [0.2, 0.25) is 0 Å². The van der Waals surface area contributed by atoms with Crippen LogP contribution in [-0.2, 0) is 0 Å². The second-order valence-corrected chi connectivity index (χ2v) is 3.12. The number of benzene rings is 1. The van der Waals surface area contributed by atoms with Crippen LogP contribution in [0.4, 0.5) is 0 Å². The topological polar surface area (TPSA) is 24.4 Å². The molecule has 1 aliphatic heterocycles. The molecule has 13 heavy (non-hydrogen) atoms. The molecule has 0 spiro atoms. The second-order valence-electron chi connectivity index (χ2n) is 3.12. The molecule has 0 aliphatic carbocycles. The van der Waals surface area contributed by atoms with Gasteiger partial charge in [0.15, 0.2) is 6.34 Å². The molecule has 1 aromatic rings. The third kappa shape index (κ3) is 1.78. The van der Waals surface area contributed by atoms with E-state index in [1.807, 2.05) is 6.20 Å². The number of rotatable bonds is 1. The van der Waals surface area contributed by atoms with E-state index in [1.165, 1.54) is 16.7 Å². The molecule has 1 aromatic carbocycles. The molecule has 2 rings (SSSR count). The van der Waals surface area contributed by atoms with Gasteiger partial charge in [-0.3, -0.25) is 0 Å². The zero-order valence-corrected chi connectivity index (χ0v) is 7.54. The van der Waals surface area contributed by atoms with Crippen LogP contribution in [0.25, 0.3) is 5.57 Å². The molecule has 0 aromatic heterocycles. The quantitative estimate of drug-likeness (QED) is 0.685. The Morgan fingerprint density at radius 1 is 1.46 bits per heavy atom. The Kier molecular flexibility index (Phi) is 2.13. The van der Waals surface area contributed by atoms with E-state index in [2.05, 4.69) is 47.8 Å². The fourth-order valence-corrected chi connectivity index (χ4v) is 1.36. The van der Waals surface area contributed by atoms with Crippen molar-refractivity contribution >= 4 is 11.9 Å². The van der Waals surface area contributed by atoms with E-state index in [0.29, 0.717) is 0 Å². The zero-order chi connectivity index (χ0) is 9.10. The molecule has 0 unspecified atom stereocenters. The van der Waals surface area contributed by atoms with Crippen LogP contribution < -0.4 is 5.32 Å². The summed E-state index contributed by atoms with van der Waals surface area (Å²) in [6.45, 7) is 2.91. The number of nitrogens with one attached hydrogen (secondary N) is 1. The fraction of sp³-hybridized carbons (Fsp3) is 0.182. The molecule has 0 fully saturated rings. The Bertz CT molecular complexity index is 364. The summed E-state index contributed by atoms with van der Waals surface area (Å²) in [6, 6.07) is 8.42. The van der Waals surface area contributed by atoms with E-state index in [4.69, 9.17) is 0 Å². The van der Waals surface area contributed by atoms with E-state index in [1.54, 1.807) is 0 Å². The first kappa shape index (κ1) is 8.05. The lowest BCUT2D eigenvalue weighted by Crippen LogP contribution is -2.16. The number of hydrogen-bond acceptors (Lipinski definition) is 2. The molecule has 0 saturated heterocycles. The van der Waals surface area contributed by atoms with Crippen LogP contribution in [0, 0.1) is 6.92 Å². The Balaban J connectivity index is 2.34. The molecule has 1 radical (unpaired) electrons. The van der Waals surface area contributed by atoms with Crippen molar-refractivity contribution in [2.45, 2.75) is 6.92 Å². The van der Waals surface area contributed by atoms with Crippen LogP contribution in [0.15, 0.2) is 35.5 Å². The lowest BCUT2D eigenvalue weighted by molar-refractivity contribution is 1.06. The number of nitrogens with zero attached hydrogens (tertiary/aromatic N) is 1. The Hall–Kier alpha value is -1.57.